The molecule has 0 radical (unpaired) electrons. The number of sulfone groups is 1. The molecule has 0 amide bonds. The smallest absolute Gasteiger partial charge is 0.243 e. The number of hydrogen-bond acceptors (Lipinski definition) is 10. The van der Waals surface area contributed by atoms with Crippen LogP contribution in [0.4, 0.5) is 0 Å². The van der Waals surface area contributed by atoms with Crippen molar-refractivity contribution in [2.75, 3.05) is 45.2 Å². The lowest BCUT2D eigenvalue weighted by Gasteiger charge is -2.38. The average Bonchev–Trinajstić information content (AvgIpc) is 3.41. The van der Waals surface area contributed by atoms with Gasteiger partial charge in [-0.25, -0.2) is 16.8 Å². The first-order valence-corrected chi connectivity index (χ1v) is 17.7. The van der Waals surface area contributed by atoms with Crippen molar-refractivity contribution in [2.24, 2.45) is 0 Å². The third kappa shape index (κ3) is 7.65. The molecule has 0 bridgehead atoms. The van der Waals surface area contributed by atoms with Crippen molar-refractivity contribution < 1.29 is 36.5 Å². The Balaban J connectivity index is 1.09. The second-order valence-corrected chi connectivity index (χ2v) is 15.5. The highest BCUT2D eigenvalue weighted by Crippen LogP contribution is 2.37. The maximum Gasteiger partial charge on any atom is 0.243 e. The third-order valence-electron chi connectivity index (χ3n) is 8.13. The van der Waals surface area contributed by atoms with Crippen molar-refractivity contribution in [1.82, 2.24) is 14.6 Å². The first kappa shape index (κ1) is 32.5. The van der Waals surface area contributed by atoms with Crippen LogP contribution in [0, 0.1) is 6.92 Å². The number of piperidine rings is 1. The van der Waals surface area contributed by atoms with Crippen LogP contribution in [0.3, 0.4) is 0 Å². The van der Waals surface area contributed by atoms with E-state index in [0.717, 1.165) is 16.8 Å². The van der Waals surface area contributed by atoms with Crippen molar-refractivity contribution in [1.29, 1.82) is 0 Å². The maximum atomic E-state index is 13.5. The molecular weight excluding hydrogens is 606 g/mol. The molecule has 238 valence electrons. The van der Waals surface area contributed by atoms with Crippen LogP contribution in [0.15, 0.2) is 76.7 Å². The number of pyridine rings is 1. The van der Waals surface area contributed by atoms with Crippen LogP contribution in [0.25, 0.3) is 11.3 Å². The number of rotatable bonds is 12. The van der Waals surface area contributed by atoms with E-state index in [1.165, 1.54) is 16.4 Å². The molecule has 2 fully saturated rings. The van der Waals surface area contributed by atoms with Gasteiger partial charge < -0.3 is 25.0 Å². The zero-order chi connectivity index (χ0) is 31.4. The lowest BCUT2D eigenvalue weighted by molar-refractivity contribution is -0.0312. The van der Waals surface area contributed by atoms with E-state index in [1.807, 2.05) is 25.1 Å². The highest BCUT2D eigenvalue weighted by Gasteiger charge is 2.44. The van der Waals surface area contributed by atoms with E-state index in [4.69, 9.17) is 14.6 Å². The van der Waals surface area contributed by atoms with Gasteiger partial charge >= 0.3 is 0 Å². The van der Waals surface area contributed by atoms with Crippen molar-refractivity contribution in [3.8, 4) is 17.0 Å². The fourth-order valence-corrected chi connectivity index (χ4v) is 8.16. The highest BCUT2D eigenvalue weighted by molar-refractivity contribution is 7.91. The van der Waals surface area contributed by atoms with Gasteiger partial charge in [0, 0.05) is 37.4 Å². The van der Waals surface area contributed by atoms with E-state index < -0.39 is 38.2 Å². The molecule has 5 rings (SSSR count). The average molecular weight is 646 g/mol. The van der Waals surface area contributed by atoms with E-state index in [9.17, 15) is 21.9 Å². The monoisotopic (exact) mass is 645 g/mol. The number of aliphatic hydroxyl groups excluding tert-OH is 2. The summed E-state index contributed by atoms with van der Waals surface area (Å²) in [6, 6.07) is 16.7. The second-order valence-electron chi connectivity index (χ2n) is 11.4. The molecule has 0 unspecified atom stereocenters. The number of benzene rings is 2. The van der Waals surface area contributed by atoms with Crippen LogP contribution in [-0.2, 0) is 24.6 Å². The van der Waals surface area contributed by atoms with Crippen LogP contribution in [-0.4, -0.2) is 99.3 Å². The van der Waals surface area contributed by atoms with E-state index >= 15 is 0 Å². The lowest BCUT2D eigenvalue weighted by Crippen LogP contribution is -2.47. The Kier molecular flexibility index (Phi) is 10.0. The predicted molar refractivity (Wildman–Crippen MR) is 165 cm³/mol. The summed E-state index contributed by atoms with van der Waals surface area (Å²) < 4.78 is 64.7. The number of ether oxygens (including phenoxy) is 2. The van der Waals surface area contributed by atoms with Crippen molar-refractivity contribution in [3.05, 3.63) is 72.4 Å². The molecule has 2 aliphatic heterocycles. The molecule has 3 heterocycles. The summed E-state index contributed by atoms with van der Waals surface area (Å²) in [5.74, 6) is -0.0614. The quantitative estimate of drug-likeness (QED) is 0.267. The molecule has 13 heteroatoms. The summed E-state index contributed by atoms with van der Waals surface area (Å²) in [6.07, 6.45) is 2.77. The fourth-order valence-electron chi connectivity index (χ4n) is 5.61. The first-order valence-electron chi connectivity index (χ1n) is 14.6. The normalized spacial score (nSPS) is 19.7. The summed E-state index contributed by atoms with van der Waals surface area (Å²) in [7, 11) is -7.29. The molecule has 44 heavy (non-hydrogen) atoms. The molecule has 3 aromatic rings. The zero-order valence-corrected chi connectivity index (χ0v) is 26.3. The molecule has 2 saturated heterocycles. The minimum absolute atomic E-state index is 0.00143. The standard InChI is InChI=1S/C31H39N3O8S2/c1-23-8-9-30(33-19-23)24-4-2-7-29(16-24)44(39,40)34-12-10-31(11-13-34)18-25(21-42-31)32-20-26(36)22-41-27-5-3-6-28(17-27)43(37,38)15-14-35/h2-9,16-17,19,25-26,32,35-36H,10-15,18,20-22H2,1H3/t25-,26+/m1/s1. The van der Waals surface area contributed by atoms with E-state index in [-0.39, 0.29) is 34.7 Å². The molecule has 2 aromatic carbocycles. The Morgan fingerprint density at radius 2 is 1.82 bits per heavy atom. The lowest BCUT2D eigenvalue weighted by atomic mass is 9.88. The van der Waals surface area contributed by atoms with E-state index in [1.54, 1.807) is 36.5 Å². The molecule has 0 aliphatic carbocycles. The van der Waals surface area contributed by atoms with Crippen LogP contribution >= 0.6 is 0 Å². The van der Waals surface area contributed by atoms with Gasteiger partial charge in [0.15, 0.2) is 9.84 Å². The molecule has 2 aliphatic rings. The van der Waals surface area contributed by atoms with Gasteiger partial charge in [0.25, 0.3) is 0 Å². The van der Waals surface area contributed by atoms with Gasteiger partial charge in [-0.2, -0.15) is 4.31 Å². The Morgan fingerprint density at radius 3 is 2.55 bits per heavy atom. The van der Waals surface area contributed by atoms with Crippen molar-refractivity contribution in [3.63, 3.8) is 0 Å². The topological polar surface area (TPSA) is 155 Å². The Morgan fingerprint density at radius 1 is 1.07 bits per heavy atom. The van der Waals surface area contributed by atoms with Gasteiger partial charge in [-0.3, -0.25) is 4.98 Å². The largest absolute Gasteiger partial charge is 0.491 e. The van der Waals surface area contributed by atoms with Gasteiger partial charge in [-0.1, -0.05) is 24.3 Å². The Labute approximate surface area is 258 Å². The number of nitrogens with one attached hydrogen (secondary N) is 1. The molecule has 2 atom stereocenters. The molecule has 11 nitrogen and oxygen atoms in total. The van der Waals surface area contributed by atoms with Crippen LogP contribution < -0.4 is 10.1 Å². The predicted octanol–water partition coefficient (Wildman–Crippen LogP) is 2.16. The molecule has 3 N–H and O–H groups in total. The number of sulfonamides is 1. The molecule has 1 spiro atoms. The highest BCUT2D eigenvalue weighted by atomic mass is 32.2. The van der Waals surface area contributed by atoms with Crippen LogP contribution in [0.5, 0.6) is 5.75 Å². The first-order chi connectivity index (χ1) is 21.0. The Bertz CT molecular complexity index is 1640. The summed E-state index contributed by atoms with van der Waals surface area (Å²) in [6.45, 7) is 2.86. The number of nitrogens with zero attached hydrogens (tertiary/aromatic N) is 2. The van der Waals surface area contributed by atoms with Crippen molar-refractivity contribution >= 4 is 19.9 Å². The van der Waals surface area contributed by atoms with Crippen LogP contribution in [0.2, 0.25) is 0 Å². The minimum atomic E-state index is -3.68. The van der Waals surface area contributed by atoms with Gasteiger partial charge in [-0.05, 0) is 68.1 Å². The number of aromatic nitrogens is 1. The molecule has 0 saturated carbocycles. The van der Waals surface area contributed by atoms with Gasteiger partial charge in [0.2, 0.25) is 10.0 Å². The Hall–Kier alpha value is -2.91. The summed E-state index contributed by atoms with van der Waals surface area (Å²) >= 11 is 0. The molecular formula is C31H39N3O8S2. The SMILES string of the molecule is Cc1ccc(-c2cccc(S(=O)(=O)N3CCC4(CC3)C[C@@H](NC[C@H](O)COc3cccc(S(=O)(=O)CCO)c3)CO4)c2)nc1. The summed E-state index contributed by atoms with van der Waals surface area (Å²) in [4.78, 5) is 4.72. The maximum absolute atomic E-state index is 13.5. The van der Waals surface area contributed by atoms with Crippen molar-refractivity contribution in [2.45, 2.75) is 53.7 Å². The number of aliphatic hydroxyl groups is 2. The van der Waals surface area contributed by atoms with E-state index in [2.05, 4.69) is 10.3 Å². The fraction of sp³-hybridized carbons (Fsp3) is 0.452. The van der Waals surface area contributed by atoms with Crippen LogP contribution in [0.1, 0.15) is 24.8 Å². The van der Waals surface area contributed by atoms with Gasteiger partial charge in [0.05, 0.1) is 40.1 Å². The van der Waals surface area contributed by atoms with E-state index in [0.29, 0.717) is 44.7 Å². The van der Waals surface area contributed by atoms with Gasteiger partial charge in [0.1, 0.15) is 18.5 Å². The zero-order valence-electron chi connectivity index (χ0n) is 24.6. The summed E-state index contributed by atoms with van der Waals surface area (Å²) in [5, 5.41) is 22.8. The molecule has 1 aromatic heterocycles. The number of aryl methyl sites for hydroxylation is 1. The third-order valence-corrected chi connectivity index (χ3v) is 11.7. The minimum Gasteiger partial charge on any atom is -0.491 e. The second kappa shape index (κ2) is 13.6. The summed E-state index contributed by atoms with van der Waals surface area (Å²) in [5.41, 5.74) is 2.09. The number of hydrogen-bond donors (Lipinski definition) is 3. The van der Waals surface area contributed by atoms with Gasteiger partial charge in [-0.15, -0.1) is 0 Å².